The van der Waals surface area contributed by atoms with Crippen molar-refractivity contribution in [1.82, 2.24) is 9.88 Å². The average molecular weight is 253 g/mol. The van der Waals surface area contributed by atoms with Gasteiger partial charge in [-0.1, -0.05) is 13.8 Å². The van der Waals surface area contributed by atoms with Gasteiger partial charge in [-0.15, -0.1) is 0 Å². The molecule has 0 fully saturated rings. The topological polar surface area (TPSA) is 59.2 Å². The van der Waals surface area contributed by atoms with Crippen LogP contribution in [0.2, 0.25) is 0 Å². The predicted molar refractivity (Wildman–Crippen MR) is 69.6 cm³/mol. The molecule has 1 unspecified atom stereocenters. The van der Waals surface area contributed by atoms with Crippen LogP contribution in [0.4, 0.5) is 10.2 Å². The number of nitrogens with zero attached hydrogens (tertiary/aromatic N) is 2. The van der Waals surface area contributed by atoms with Crippen molar-refractivity contribution < 1.29 is 9.18 Å². The van der Waals surface area contributed by atoms with Crippen LogP contribution in [0.5, 0.6) is 0 Å². The number of nitrogens with two attached hydrogens (primary N) is 1. The maximum absolute atomic E-state index is 13.7. The van der Waals surface area contributed by atoms with Crippen molar-refractivity contribution in [3.63, 3.8) is 0 Å². The van der Waals surface area contributed by atoms with Crippen LogP contribution in [0.25, 0.3) is 0 Å². The molecule has 1 atom stereocenters. The van der Waals surface area contributed by atoms with Gasteiger partial charge in [-0.2, -0.15) is 0 Å². The Labute approximate surface area is 107 Å². The Morgan fingerprint density at radius 1 is 1.50 bits per heavy atom. The van der Waals surface area contributed by atoms with Gasteiger partial charge >= 0.3 is 0 Å². The SMILES string of the molecule is CC(C)CC(C)N(C)C(=O)c1ccnc(N)c1F. The fourth-order valence-corrected chi connectivity index (χ4v) is 1.86. The molecule has 1 heterocycles. The Hall–Kier alpha value is -1.65. The van der Waals surface area contributed by atoms with E-state index in [1.165, 1.54) is 17.2 Å². The molecule has 18 heavy (non-hydrogen) atoms. The second-order valence-corrected chi connectivity index (χ2v) is 4.95. The van der Waals surface area contributed by atoms with E-state index in [2.05, 4.69) is 18.8 Å². The summed E-state index contributed by atoms with van der Waals surface area (Å²) < 4.78 is 13.7. The molecule has 0 aliphatic carbocycles. The molecule has 0 aromatic carbocycles. The van der Waals surface area contributed by atoms with Crippen LogP contribution in [-0.2, 0) is 0 Å². The van der Waals surface area contributed by atoms with E-state index in [1.807, 2.05) is 6.92 Å². The first-order valence-electron chi connectivity index (χ1n) is 6.01. The molecule has 0 aliphatic rings. The lowest BCUT2D eigenvalue weighted by molar-refractivity contribution is 0.0723. The second-order valence-electron chi connectivity index (χ2n) is 4.95. The highest BCUT2D eigenvalue weighted by atomic mass is 19.1. The quantitative estimate of drug-likeness (QED) is 0.895. The Kier molecular flexibility index (Phi) is 4.64. The summed E-state index contributed by atoms with van der Waals surface area (Å²) in [6.07, 6.45) is 2.21. The number of anilines is 1. The number of pyridine rings is 1. The largest absolute Gasteiger partial charge is 0.381 e. The van der Waals surface area contributed by atoms with E-state index in [-0.39, 0.29) is 23.3 Å². The number of rotatable bonds is 4. The molecule has 2 N–H and O–H groups in total. The number of carbonyl (C=O) groups excluding carboxylic acids is 1. The smallest absolute Gasteiger partial charge is 0.257 e. The van der Waals surface area contributed by atoms with Gasteiger partial charge in [0.25, 0.3) is 5.91 Å². The van der Waals surface area contributed by atoms with Gasteiger partial charge in [0.2, 0.25) is 0 Å². The highest BCUT2D eigenvalue weighted by Gasteiger charge is 2.22. The molecular formula is C13H20FN3O. The van der Waals surface area contributed by atoms with Gasteiger partial charge in [0.05, 0.1) is 5.56 Å². The summed E-state index contributed by atoms with van der Waals surface area (Å²) in [7, 11) is 1.67. The molecule has 0 saturated carbocycles. The summed E-state index contributed by atoms with van der Waals surface area (Å²) in [6.45, 7) is 6.11. The first-order valence-corrected chi connectivity index (χ1v) is 6.01. The molecule has 0 aliphatic heterocycles. The van der Waals surface area contributed by atoms with E-state index < -0.39 is 5.82 Å². The molecule has 0 spiro atoms. The van der Waals surface area contributed by atoms with Crippen molar-refractivity contribution in [3.05, 3.63) is 23.6 Å². The lowest BCUT2D eigenvalue weighted by Crippen LogP contribution is -2.36. The van der Waals surface area contributed by atoms with Gasteiger partial charge in [0.15, 0.2) is 11.6 Å². The number of nitrogen functional groups attached to an aromatic ring is 1. The Morgan fingerprint density at radius 2 is 2.11 bits per heavy atom. The van der Waals surface area contributed by atoms with Crippen molar-refractivity contribution in [2.75, 3.05) is 12.8 Å². The monoisotopic (exact) mass is 253 g/mol. The molecule has 1 amide bonds. The highest BCUT2D eigenvalue weighted by molar-refractivity contribution is 5.95. The van der Waals surface area contributed by atoms with Crippen molar-refractivity contribution in [1.29, 1.82) is 0 Å². The number of halogens is 1. The van der Waals surface area contributed by atoms with Gasteiger partial charge in [-0.25, -0.2) is 9.37 Å². The van der Waals surface area contributed by atoms with E-state index in [9.17, 15) is 9.18 Å². The van der Waals surface area contributed by atoms with Crippen molar-refractivity contribution >= 4 is 11.7 Å². The van der Waals surface area contributed by atoms with Gasteiger partial charge in [0.1, 0.15) is 0 Å². The fourth-order valence-electron chi connectivity index (χ4n) is 1.86. The molecular weight excluding hydrogens is 233 g/mol. The molecule has 1 rings (SSSR count). The van der Waals surface area contributed by atoms with Crippen molar-refractivity contribution in [3.8, 4) is 0 Å². The minimum Gasteiger partial charge on any atom is -0.381 e. The minimum atomic E-state index is -0.744. The lowest BCUT2D eigenvalue weighted by Gasteiger charge is -2.26. The minimum absolute atomic E-state index is 0.0272. The second kappa shape index (κ2) is 5.80. The molecule has 5 heteroatoms. The summed E-state index contributed by atoms with van der Waals surface area (Å²) in [5.41, 5.74) is 5.33. The number of hydrogen-bond acceptors (Lipinski definition) is 3. The van der Waals surface area contributed by atoms with Crippen LogP contribution in [-0.4, -0.2) is 28.9 Å². The van der Waals surface area contributed by atoms with Crippen molar-refractivity contribution in [2.24, 2.45) is 5.92 Å². The van der Waals surface area contributed by atoms with E-state index in [1.54, 1.807) is 7.05 Å². The van der Waals surface area contributed by atoms with Crippen molar-refractivity contribution in [2.45, 2.75) is 33.2 Å². The number of aromatic nitrogens is 1. The number of carbonyl (C=O) groups is 1. The van der Waals surface area contributed by atoms with E-state index in [0.29, 0.717) is 5.92 Å². The first kappa shape index (κ1) is 14.4. The maximum Gasteiger partial charge on any atom is 0.257 e. The van der Waals surface area contributed by atoms with Gasteiger partial charge in [-0.3, -0.25) is 4.79 Å². The Bertz CT molecular complexity index is 434. The van der Waals surface area contributed by atoms with E-state index in [0.717, 1.165) is 6.42 Å². The first-order chi connectivity index (χ1) is 8.34. The van der Waals surface area contributed by atoms with E-state index in [4.69, 9.17) is 5.73 Å². The summed E-state index contributed by atoms with van der Waals surface area (Å²) in [6, 6.07) is 1.40. The maximum atomic E-state index is 13.7. The summed E-state index contributed by atoms with van der Waals surface area (Å²) in [4.78, 5) is 17.3. The van der Waals surface area contributed by atoms with Crippen LogP contribution in [0.1, 0.15) is 37.6 Å². The van der Waals surface area contributed by atoms with Crippen LogP contribution in [0, 0.1) is 11.7 Å². The van der Waals surface area contributed by atoms with Crippen LogP contribution in [0.3, 0.4) is 0 Å². The molecule has 0 radical (unpaired) electrons. The molecule has 0 saturated heterocycles. The zero-order valence-electron chi connectivity index (χ0n) is 11.3. The van der Waals surface area contributed by atoms with Gasteiger partial charge < -0.3 is 10.6 Å². The molecule has 0 bridgehead atoms. The lowest BCUT2D eigenvalue weighted by atomic mass is 10.0. The van der Waals surface area contributed by atoms with Crippen LogP contribution >= 0.6 is 0 Å². The number of amides is 1. The van der Waals surface area contributed by atoms with Gasteiger partial charge in [-0.05, 0) is 25.3 Å². The third-order valence-corrected chi connectivity index (χ3v) is 2.94. The highest BCUT2D eigenvalue weighted by Crippen LogP contribution is 2.17. The average Bonchev–Trinajstić information content (AvgIpc) is 2.30. The number of hydrogen-bond donors (Lipinski definition) is 1. The van der Waals surface area contributed by atoms with E-state index >= 15 is 0 Å². The Balaban J connectivity index is 2.90. The molecule has 1 aromatic rings. The third-order valence-electron chi connectivity index (χ3n) is 2.94. The fraction of sp³-hybridized carbons (Fsp3) is 0.538. The van der Waals surface area contributed by atoms with Gasteiger partial charge in [0, 0.05) is 19.3 Å². The Morgan fingerprint density at radius 3 is 2.67 bits per heavy atom. The summed E-state index contributed by atoms with van der Waals surface area (Å²) in [5.74, 6) is -0.880. The predicted octanol–water partition coefficient (Wildman–Crippen LogP) is 2.31. The molecule has 1 aromatic heterocycles. The van der Waals surface area contributed by atoms with Crippen LogP contribution < -0.4 is 5.73 Å². The molecule has 4 nitrogen and oxygen atoms in total. The zero-order valence-corrected chi connectivity index (χ0v) is 11.3. The molecule has 100 valence electrons. The summed E-state index contributed by atoms with van der Waals surface area (Å²) >= 11 is 0. The normalized spacial score (nSPS) is 12.6. The van der Waals surface area contributed by atoms with Crippen LogP contribution in [0.15, 0.2) is 12.3 Å². The standard InChI is InChI=1S/C13H20FN3O/c1-8(2)7-9(3)17(4)13(18)10-5-6-16-12(15)11(10)14/h5-6,8-9H,7H2,1-4H3,(H2,15,16). The summed E-state index contributed by atoms with van der Waals surface area (Å²) in [5, 5.41) is 0. The third kappa shape index (κ3) is 3.18. The zero-order chi connectivity index (χ0) is 13.9.